The number of ether oxygens (including phenoxy) is 2. The van der Waals surface area contributed by atoms with Gasteiger partial charge in [0.2, 0.25) is 6.41 Å². The Labute approximate surface area is 89.2 Å². The number of carbonyl (C=O) groups is 1. The van der Waals surface area contributed by atoms with Crippen LogP contribution < -0.4 is 14.8 Å². The lowest BCUT2D eigenvalue weighted by Gasteiger charge is -2.13. The third-order valence-electron chi connectivity index (χ3n) is 2.23. The van der Waals surface area contributed by atoms with Gasteiger partial charge < -0.3 is 14.8 Å². The van der Waals surface area contributed by atoms with Crippen molar-refractivity contribution in [1.29, 1.82) is 0 Å². The highest BCUT2D eigenvalue weighted by Gasteiger charge is 2.08. The maximum Gasteiger partial charge on any atom is 0.207 e. The van der Waals surface area contributed by atoms with Crippen LogP contribution in [0, 0.1) is 0 Å². The Morgan fingerprint density at radius 1 is 1.27 bits per heavy atom. The number of rotatable bonds is 5. The van der Waals surface area contributed by atoms with Gasteiger partial charge in [0.25, 0.3) is 0 Å². The zero-order chi connectivity index (χ0) is 11.3. The van der Waals surface area contributed by atoms with Gasteiger partial charge in [0.15, 0.2) is 11.5 Å². The highest BCUT2D eigenvalue weighted by molar-refractivity contribution is 5.49. The Balaban J connectivity index is 2.96. The number of benzene rings is 1. The molecule has 0 spiro atoms. The highest BCUT2D eigenvalue weighted by Crippen LogP contribution is 2.29. The summed E-state index contributed by atoms with van der Waals surface area (Å²) in [4.78, 5) is 10.3. The molecule has 0 saturated carbocycles. The molecule has 1 amide bonds. The molecule has 0 radical (unpaired) electrons. The minimum atomic E-state index is -0.0395. The Bertz CT molecular complexity index is 339. The van der Waals surface area contributed by atoms with Crippen molar-refractivity contribution in [2.45, 2.75) is 13.0 Å². The smallest absolute Gasteiger partial charge is 0.207 e. The molecule has 4 nitrogen and oxygen atoms in total. The summed E-state index contributed by atoms with van der Waals surface area (Å²) in [5, 5.41) is 2.67. The van der Waals surface area contributed by atoms with Crippen molar-refractivity contribution in [3.63, 3.8) is 0 Å². The molecule has 0 aliphatic carbocycles. The van der Waals surface area contributed by atoms with Crippen molar-refractivity contribution < 1.29 is 14.3 Å². The average molecular weight is 209 g/mol. The average Bonchev–Trinajstić information content (AvgIpc) is 2.28. The number of hydrogen-bond donors (Lipinski definition) is 1. The predicted molar refractivity (Wildman–Crippen MR) is 57.2 cm³/mol. The minimum Gasteiger partial charge on any atom is -0.493 e. The van der Waals surface area contributed by atoms with E-state index in [-0.39, 0.29) is 6.04 Å². The predicted octanol–water partition coefficient (Wildman–Crippen LogP) is 1.51. The summed E-state index contributed by atoms with van der Waals surface area (Å²) in [7, 11) is 3.17. The van der Waals surface area contributed by atoms with Gasteiger partial charge in [-0.1, -0.05) is 6.07 Å². The van der Waals surface area contributed by atoms with Gasteiger partial charge in [-0.15, -0.1) is 0 Å². The van der Waals surface area contributed by atoms with Crippen LogP contribution in [0.2, 0.25) is 0 Å². The van der Waals surface area contributed by atoms with E-state index in [0.717, 1.165) is 5.56 Å². The molecule has 0 heterocycles. The second kappa shape index (κ2) is 5.24. The summed E-state index contributed by atoms with van der Waals surface area (Å²) in [6, 6.07) is 5.52. The first kappa shape index (κ1) is 11.4. The van der Waals surface area contributed by atoms with Crippen molar-refractivity contribution in [2.24, 2.45) is 0 Å². The van der Waals surface area contributed by atoms with Crippen LogP contribution in [0.4, 0.5) is 0 Å². The summed E-state index contributed by atoms with van der Waals surface area (Å²) in [6.07, 6.45) is 0.682. The van der Waals surface area contributed by atoms with Crippen molar-refractivity contribution in [3.8, 4) is 11.5 Å². The molecule has 1 N–H and O–H groups in total. The zero-order valence-corrected chi connectivity index (χ0v) is 9.11. The van der Waals surface area contributed by atoms with Crippen molar-refractivity contribution in [1.82, 2.24) is 5.32 Å². The molecule has 0 aliphatic rings. The normalized spacial score (nSPS) is 11.7. The number of hydrogen-bond acceptors (Lipinski definition) is 3. The fraction of sp³-hybridized carbons (Fsp3) is 0.364. The summed E-state index contributed by atoms with van der Waals surface area (Å²) in [6.45, 7) is 1.90. The molecule has 0 aromatic heterocycles. The topological polar surface area (TPSA) is 47.6 Å². The number of carbonyl (C=O) groups excluding carboxylic acids is 1. The standard InChI is InChI=1S/C11H15NO3/c1-8(12-7-13)9-4-5-10(14-2)11(6-9)15-3/h4-8H,1-3H3,(H,12,13)/t8-/m1/s1. The van der Waals surface area contributed by atoms with E-state index in [2.05, 4.69) is 5.32 Å². The van der Waals surface area contributed by atoms with E-state index in [9.17, 15) is 4.79 Å². The molecule has 1 aromatic rings. The molecular formula is C11H15NO3. The van der Waals surface area contributed by atoms with Gasteiger partial charge in [0.05, 0.1) is 20.3 Å². The molecule has 1 aromatic carbocycles. The van der Waals surface area contributed by atoms with Crippen LogP contribution in [0.3, 0.4) is 0 Å². The Morgan fingerprint density at radius 3 is 2.47 bits per heavy atom. The lowest BCUT2D eigenvalue weighted by atomic mass is 10.1. The summed E-state index contributed by atoms with van der Waals surface area (Å²) >= 11 is 0. The van der Waals surface area contributed by atoms with Crippen LogP contribution in [0.15, 0.2) is 18.2 Å². The van der Waals surface area contributed by atoms with E-state index < -0.39 is 0 Å². The van der Waals surface area contributed by atoms with Gasteiger partial charge in [-0.05, 0) is 24.6 Å². The van der Waals surface area contributed by atoms with Crippen LogP contribution in [-0.4, -0.2) is 20.6 Å². The van der Waals surface area contributed by atoms with Crippen LogP contribution in [-0.2, 0) is 4.79 Å². The maximum atomic E-state index is 10.3. The molecule has 1 rings (SSSR count). The van der Waals surface area contributed by atoms with Gasteiger partial charge in [-0.3, -0.25) is 4.79 Å². The molecule has 0 unspecified atom stereocenters. The fourth-order valence-corrected chi connectivity index (χ4v) is 1.32. The first-order chi connectivity index (χ1) is 7.22. The molecule has 4 heteroatoms. The number of nitrogens with one attached hydrogen (secondary N) is 1. The zero-order valence-electron chi connectivity index (χ0n) is 9.11. The molecule has 82 valence electrons. The van der Waals surface area contributed by atoms with Crippen LogP contribution in [0.25, 0.3) is 0 Å². The maximum absolute atomic E-state index is 10.3. The van der Waals surface area contributed by atoms with E-state index in [1.54, 1.807) is 14.2 Å². The van der Waals surface area contributed by atoms with Crippen LogP contribution >= 0.6 is 0 Å². The number of amides is 1. The molecule has 0 bridgehead atoms. The molecule has 0 aliphatic heterocycles. The van der Waals surface area contributed by atoms with Crippen molar-refractivity contribution >= 4 is 6.41 Å². The lowest BCUT2D eigenvalue weighted by molar-refractivity contribution is -0.110. The molecule has 0 saturated heterocycles. The Hall–Kier alpha value is -1.71. The quantitative estimate of drug-likeness (QED) is 0.748. The third kappa shape index (κ3) is 2.62. The largest absolute Gasteiger partial charge is 0.493 e. The van der Waals surface area contributed by atoms with Gasteiger partial charge in [0, 0.05) is 0 Å². The molecular weight excluding hydrogens is 194 g/mol. The van der Waals surface area contributed by atoms with Gasteiger partial charge >= 0.3 is 0 Å². The van der Waals surface area contributed by atoms with E-state index in [1.807, 2.05) is 25.1 Å². The lowest BCUT2D eigenvalue weighted by Crippen LogP contribution is -2.16. The van der Waals surface area contributed by atoms with Gasteiger partial charge in [-0.25, -0.2) is 0 Å². The Kier molecular flexibility index (Phi) is 3.97. The second-order valence-electron chi connectivity index (χ2n) is 3.12. The SMILES string of the molecule is COc1ccc([C@@H](C)NC=O)cc1OC. The van der Waals surface area contributed by atoms with Gasteiger partial charge in [0.1, 0.15) is 0 Å². The minimum absolute atomic E-state index is 0.0395. The van der Waals surface area contributed by atoms with Gasteiger partial charge in [-0.2, -0.15) is 0 Å². The first-order valence-electron chi connectivity index (χ1n) is 4.64. The summed E-state index contributed by atoms with van der Waals surface area (Å²) in [5.41, 5.74) is 0.972. The second-order valence-corrected chi connectivity index (χ2v) is 3.12. The Morgan fingerprint density at radius 2 is 1.93 bits per heavy atom. The molecule has 15 heavy (non-hydrogen) atoms. The van der Waals surface area contributed by atoms with E-state index in [0.29, 0.717) is 17.9 Å². The third-order valence-corrected chi connectivity index (χ3v) is 2.23. The molecule has 0 fully saturated rings. The van der Waals surface area contributed by atoms with Crippen LogP contribution in [0.5, 0.6) is 11.5 Å². The fourth-order valence-electron chi connectivity index (χ4n) is 1.32. The van der Waals surface area contributed by atoms with E-state index in [4.69, 9.17) is 9.47 Å². The molecule has 1 atom stereocenters. The first-order valence-corrected chi connectivity index (χ1v) is 4.64. The summed E-state index contributed by atoms with van der Waals surface area (Å²) in [5.74, 6) is 1.34. The van der Waals surface area contributed by atoms with E-state index >= 15 is 0 Å². The monoisotopic (exact) mass is 209 g/mol. The highest BCUT2D eigenvalue weighted by atomic mass is 16.5. The van der Waals surface area contributed by atoms with Crippen molar-refractivity contribution in [3.05, 3.63) is 23.8 Å². The summed E-state index contributed by atoms with van der Waals surface area (Å²) < 4.78 is 10.3. The number of methoxy groups -OCH3 is 2. The van der Waals surface area contributed by atoms with Crippen molar-refractivity contribution in [2.75, 3.05) is 14.2 Å². The van der Waals surface area contributed by atoms with E-state index in [1.165, 1.54) is 0 Å². The van der Waals surface area contributed by atoms with Crippen LogP contribution in [0.1, 0.15) is 18.5 Å².